The fourth-order valence-corrected chi connectivity index (χ4v) is 4.69. The van der Waals surface area contributed by atoms with Gasteiger partial charge < -0.3 is 14.6 Å². The predicted molar refractivity (Wildman–Crippen MR) is 135 cm³/mol. The van der Waals surface area contributed by atoms with E-state index in [-0.39, 0.29) is 18.0 Å². The Labute approximate surface area is 201 Å². The van der Waals surface area contributed by atoms with Gasteiger partial charge in [-0.15, -0.1) is 0 Å². The molecule has 0 atom stereocenters. The first kappa shape index (κ1) is 23.2. The highest BCUT2D eigenvalue weighted by molar-refractivity contribution is 8.26. The molecule has 172 valence electrons. The summed E-state index contributed by atoms with van der Waals surface area (Å²) in [7, 11) is 4.03. The number of nitrogens with one attached hydrogen (secondary N) is 1. The van der Waals surface area contributed by atoms with Crippen molar-refractivity contribution in [2.45, 2.75) is 19.9 Å². The highest BCUT2D eigenvalue weighted by atomic mass is 32.2. The molecule has 0 bridgehead atoms. The van der Waals surface area contributed by atoms with E-state index in [0.717, 1.165) is 18.5 Å². The molecule has 0 saturated carbocycles. The monoisotopic (exact) mass is 483 g/mol. The van der Waals surface area contributed by atoms with Crippen LogP contribution in [0.3, 0.4) is 0 Å². The lowest BCUT2D eigenvalue weighted by Gasteiger charge is -2.13. The summed E-state index contributed by atoms with van der Waals surface area (Å²) in [5.74, 6) is 0.839. The average molecular weight is 484 g/mol. The molecule has 0 aliphatic carbocycles. The molecule has 1 aliphatic heterocycles. The molecule has 0 spiro atoms. The van der Waals surface area contributed by atoms with Crippen molar-refractivity contribution in [3.63, 3.8) is 0 Å². The number of carbonyl (C=O) groups is 1. The zero-order chi connectivity index (χ0) is 23.5. The number of rotatable bonds is 8. The number of furan rings is 1. The highest BCUT2D eigenvalue weighted by Gasteiger charge is 2.33. The number of hydrogen-bond acceptors (Lipinski definition) is 8. The second kappa shape index (κ2) is 9.90. The largest absolute Gasteiger partial charge is 0.467 e. The van der Waals surface area contributed by atoms with E-state index in [1.807, 2.05) is 33.2 Å². The van der Waals surface area contributed by atoms with Crippen molar-refractivity contribution in [3.8, 4) is 0 Å². The summed E-state index contributed by atoms with van der Waals surface area (Å²) >= 11 is 6.59. The second-order valence-electron chi connectivity index (χ2n) is 8.04. The standard InChI is InChI=1S/C23H25N5O3S2/c1-15-7-8-19-25-20(24-9-5-10-26(2)3)17(21(29)27(19)13-15)12-18-22(30)28(23(32)33-18)14-16-6-4-11-31-16/h4,6-8,11-13,24H,5,9-10,14H2,1-3H3. The van der Waals surface area contributed by atoms with Crippen molar-refractivity contribution in [1.82, 2.24) is 19.2 Å². The van der Waals surface area contributed by atoms with Crippen LogP contribution in [0.15, 0.2) is 50.8 Å². The Kier molecular flexibility index (Phi) is 6.96. The third-order valence-corrected chi connectivity index (χ3v) is 6.50. The molecule has 4 rings (SSSR count). The third-order valence-electron chi connectivity index (χ3n) is 5.12. The van der Waals surface area contributed by atoms with Gasteiger partial charge in [-0.25, -0.2) is 4.98 Å². The summed E-state index contributed by atoms with van der Waals surface area (Å²) in [6, 6.07) is 7.28. The van der Waals surface area contributed by atoms with Crippen LogP contribution >= 0.6 is 24.0 Å². The van der Waals surface area contributed by atoms with E-state index >= 15 is 0 Å². The average Bonchev–Trinajstić information content (AvgIpc) is 3.38. The Morgan fingerprint density at radius 1 is 1.27 bits per heavy atom. The number of nitrogens with zero attached hydrogens (tertiary/aromatic N) is 4. The smallest absolute Gasteiger partial charge is 0.267 e. The van der Waals surface area contributed by atoms with E-state index < -0.39 is 0 Å². The zero-order valence-electron chi connectivity index (χ0n) is 18.7. The van der Waals surface area contributed by atoms with Crippen LogP contribution in [0.4, 0.5) is 5.82 Å². The minimum Gasteiger partial charge on any atom is -0.467 e. The van der Waals surface area contributed by atoms with Gasteiger partial charge in [0.25, 0.3) is 11.5 Å². The zero-order valence-corrected chi connectivity index (χ0v) is 20.3. The third kappa shape index (κ3) is 5.18. The van der Waals surface area contributed by atoms with Crippen LogP contribution in [0.25, 0.3) is 11.7 Å². The van der Waals surface area contributed by atoms with Gasteiger partial charge in [-0.1, -0.05) is 30.0 Å². The van der Waals surface area contributed by atoms with Crippen LogP contribution in [0, 0.1) is 6.92 Å². The quantitative estimate of drug-likeness (QED) is 0.297. The Bertz CT molecular complexity index is 1280. The van der Waals surface area contributed by atoms with Crippen molar-refractivity contribution in [1.29, 1.82) is 0 Å². The van der Waals surface area contributed by atoms with Gasteiger partial charge in [0.2, 0.25) is 0 Å². The van der Waals surface area contributed by atoms with Gasteiger partial charge in [-0.05, 0) is 63.8 Å². The number of fused-ring (bicyclic) bond motifs is 1. The molecular weight excluding hydrogens is 458 g/mol. The Morgan fingerprint density at radius 3 is 2.82 bits per heavy atom. The maximum absolute atomic E-state index is 13.4. The van der Waals surface area contributed by atoms with Crippen molar-refractivity contribution in [2.24, 2.45) is 0 Å². The number of amides is 1. The molecule has 0 aromatic carbocycles. The maximum Gasteiger partial charge on any atom is 0.267 e. The van der Waals surface area contributed by atoms with E-state index in [0.29, 0.717) is 38.6 Å². The van der Waals surface area contributed by atoms with Gasteiger partial charge in [0, 0.05) is 12.7 Å². The van der Waals surface area contributed by atoms with Crippen LogP contribution in [-0.4, -0.2) is 56.6 Å². The van der Waals surface area contributed by atoms with Crippen LogP contribution in [-0.2, 0) is 11.3 Å². The molecule has 1 saturated heterocycles. The molecule has 10 heteroatoms. The summed E-state index contributed by atoms with van der Waals surface area (Å²) in [5, 5.41) is 3.29. The van der Waals surface area contributed by atoms with E-state index in [4.69, 9.17) is 16.6 Å². The van der Waals surface area contributed by atoms with Crippen molar-refractivity contribution in [3.05, 3.63) is 68.9 Å². The second-order valence-corrected chi connectivity index (χ2v) is 9.72. The van der Waals surface area contributed by atoms with Gasteiger partial charge >= 0.3 is 0 Å². The molecule has 1 N–H and O–H groups in total. The molecule has 33 heavy (non-hydrogen) atoms. The molecule has 3 aromatic heterocycles. The Hall–Kier alpha value is -2.95. The van der Waals surface area contributed by atoms with Gasteiger partial charge in [-0.3, -0.25) is 18.9 Å². The predicted octanol–water partition coefficient (Wildman–Crippen LogP) is 3.36. The topological polar surface area (TPSA) is 83.1 Å². The van der Waals surface area contributed by atoms with E-state index in [9.17, 15) is 9.59 Å². The Morgan fingerprint density at radius 2 is 2.09 bits per heavy atom. The SMILES string of the molecule is Cc1ccc2nc(NCCCN(C)C)c(C=C3SC(=S)N(Cc4ccco4)C3=O)c(=O)n2c1. The van der Waals surface area contributed by atoms with Crippen molar-refractivity contribution in [2.75, 3.05) is 32.5 Å². The number of pyridine rings is 1. The fourth-order valence-electron chi connectivity index (χ4n) is 3.45. The Balaban J connectivity index is 1.70. The number of aromatic nitrogens is 2. The first-order valence-corrected chi connectivity index (χ1v) is 11.8. The normalized spacial score (nSPS) is 15.4. The summed E-state index contributed by atoms with van der Waals surface area (Å²) in [6.45, 7) is 3.71. The van der Waals surface area contributed by atoms with Gasteiger partial charge in [0.15, 0.2) is 0 Å². The van der Waals surface area contributed by atoms with E-state index in [1.54, 1.807) is 30.7 Å². The summed E-state index contributed by atoms with van der Waals surface area (Å²) in [6.07, 6.45) is 5.78. The summed E-state index contributed by atoms with van der Waals surface area (Å²) in [5.41, 5.74) is 1.58. The first-order chi connectivity index (χ1) is 15.8. The highest BCUT2D eigenvalue weighted by Crippen LogP contribution is 2.34. The molecule has 1 fully saturated rings. The lowest BCUT2D eigenvalue weighted by molar-refractivity contribution is -0.122. The maximum atomic E-state index is 13.4. The van der Waals surface area contributed by atoms with Crippen molar-refractivity contribution < 1.29 is 9.21 Å². The molecule has 1 aliphatic rings. The van der Waals surface area contributed by atoms with Crippen LogP contribution in [0.1, 0.15) is 23.3 Å². The number of thiocarbonyl (C=S) groups is 1. The van der Waals surface area contributed by atoms with E-state index in [2.05, 4.69) is 15.2 Å². The minimum absolute atomic E-state index is 0.241. The fraction of sp³-hybridized carbons (Fsp3) is 0.304. The summed E-state index contributed by atoms with van der Waals surface area (Å²) in [4.78, 5) is 35.1. The molecule has 4 heterocycles. The molecule has 8 nitrogen and oxygen atoms in total. The van der Waals surface area contributed by atoms with E-state index in [1.165, 1.54) is 21.1 Å². The first-order valence-electron chi connectivity index (χ1n) is 10.5. The summed E-state index contributed by atoms with van der Waals surface area (Å²) < 4.78 is 7.29. The number of anilines is 1. The van der Waals surface area contributed by atoms with Crippen molar-refractivity contribution >= 4 is 51.7 Å². The molecule has 0 radical (unpaired) electrons. The minimum atomic E-state index is -0.256. The lowest BCUT2D eigenvalue weighted by Crippen LogP contribution is -2.27. The molecular formula is C23H25N5O3S2. The van der Waals surface area contributed by atoms with Crippen LogP contribution in [0.2, 0.25) is 0 Å². The van der Waals surface area contributed by atoms with Gasteiger partial charge in [0.1, 0.15) is 21.5 Å². The number of thioether (sulfide) groups is 1. The van der Waals surface area contributed by atoms with Crippen LogP contribution in [0.5, 0.6) is 0 Å². The number of hydrogen-bond donors (Lipinski definition) is 1. The molecule has 0 unspecified atom stereocenters. The van der Waals surface area contributed by atoms with Gasteiger partial charge in [-0.2, -0.15) is 0 Å². The lowest BCUT2D eigenvalue weighted by atomic mass is 10.2. The molecule has 3 aromatic rings. The number of aryl methyl sites for hydroxylation is 1. The van der Waals surface area contributed by atoms with Crippen LogP contribution < -0.4 is 10.9 Å². The molecule has 1 amide bonds. The van der Waals surface area contributed by atoms with Gasteiger partial charge in [0.05, 0.1) is 23.3 Å². The number of carbonyl (C=O) groups excluding carboxylic acids is 1.